The van der Waals surface area contributed by atoms with Crippen molar-refractivity contribution in [2.24, 2.45) is 0 Å². The molecule has 1 aliphatic rings. The number of hydrogen-bond acceptors (Lipinski definition) is 4. The minimum atomic E-state index is 0.000456. The fourth-order valence-corrected chi connectivity index (χ4v) is 3.88. The molecule has 1 aromatic carbocycles. The van der Waals surface area contributed by atoms with Gasteiger partial charge in [-0.05, 0) is 37.8 Å². The number of benzene rings is 1. The highest BCUT2D eigenvalue weighted by Crippen LogP contribution is 2.32. The molecule has 1 aromatic heterocycles. The van der Waals surface area contributed by atoms with Crippen molar-refractivity contribution in [3.63, 3.8) is 0 Å². The van der Waals surface area contributed by atoms with E-state index in [2.05, 4.69) is 39.6 Å². The molecule has 1 fully saturated rings. The van der Waals surface area contributed by atoms with Crippen molar-refractivity contribution in [1.82, 2.24) is 20.5 Å². The predicted molar refractivity (Wildman–Crippen MR) is 96.1 cm³/mol. The van der Waals surface area contributed by atoms with E-state index in [4.69, 9.17) is 0 Å². The number of nitrogens with one attached hydrogen (secondary N) is 2. The molecule has 2 aromatic rings. The van der Waals surface area contributed by atoms with Gasteiger partial charge in [-0.1, -0.05) is 48.9 Å². The van der Waals surface area contributed by atoms with Crippen LogP contribution in [0.25, 0.3) is 0 Å². The van der Waals surface area contributed by atoms with E-state index in [1.54, 1.807) is 0 Å². The number of aromatic amines is 1. The van der Waals surface area contributed by atoms with Crippen LogP contribution < -0.4 is 5.32 Å². The zero-order chi connectivity index (χ0) is 16.9. The van der Waals surface area contributed by atoms with Crippen LogP contribution in [0.3, 0.4) is 0 Å². The molecule has 0 spiro atoms. The van der Waals surface area contributed by atoms with Crippen molar-refractivity contribution < 1.29 is 4.79 Å². The van der Waals surface area contributed by atoms with Crippen LogP contribution in [0.5, 0.6) is 0 Å². The number of aryl methyl sites for hydroxylation is 1. The minimum Gasteiger partial charge on any atom is -0.349 e. The average Bonchev–Trinajstić information content (AvgIpc) is 3.24. The lowest BCUT2D eigenvalue weighted by molar-refractivity contribution is -0.119. The summed E-state index contributed by atoms with van der Waals surface area (Å²) < 4.78 is 0. The Morgan fingerprint density at radius 1 is 1.38 bits per heavy atom. The molecule has 24 heavy (non-hydrogen) atoms. The second kappa shape index (κ2) is 7.83. The first-order chi connectivity index (χ1) is 11.6. The number of rotatable bonds is 6. The summed E-state index contributed by atoms with van der Waals surface area (Å²) in [5.74, 6) is 1.83. The molecule has 128 valence electrons. The SMILES string of the molecule is Cc1ccccc1C(C)NC(=O)CSc1n[nH]c(C2CCCC2)n1. The van der Waals surface area contributed by atoms with Gasteiger partial charge in [0.05, 0.1) is 11.8 Å². The van der Waals surface area contributed by atoms with Gasteiger partial charge in [0.2, 0.25) is 11.1 Å². The third kappa shape index (κ3) is 4.17. The van der Waals surface area contributed by atoms with E-state index in [1.807, 2.05) is 19.1 Å². The Balaban J connectivity index is 1.49. The molecule has 6 heteroatoms. The summed E-state index contributed by atoms with van der Waals surface area (Å²) in [6.07, 6.45) is 4.92. The zero-order valence-electron chi connectivity index (χ0n) is 14.2. The number of carbonyl (C=O) groups is 1. The Morgan fingerprint density at radius 3 is 2.88 bits per heavy atom. The Hall–Kier alpha value is -1.82. The van der Waals surface area contributed by atoms with Crippen LogP contribution in [0.15, 0.2) is 29.4 Å². The molecule has 0 bridgehead atoms. The maximum atomic E-state index is 12.2. The van der Waals surface area contributed by atoms with Crippen molar-refractivity contribution >= 4 is 17.7 Å². The normalized spacial score (nSPS) is 16.2. The van der Waals surface area contributed by atoms with Crippen LogP contribution >= 0.6 is 11.8 Å². The molecule has 1 atom stereocenters. The zero-order valence-corrected chi connectivity index (χ0v) is 15.0. The second-order valence-electron chi connectivity index (χ2n) is 6.42. The number of nitrogens with zero attached hydrogens (tertiary/aromatic N) is 2. The maximum Gasteiger partial charge on any atom is 0.230 e. The third-order valence-electron chi connectivity index (χ3n) is 4.59. The quantitative estimate of drug-likeness (QED) is 0.783. The first-order valence-electron chi connectivity index (χ1n) is 8.53. The second-order valence-corrected chi connectivity index (χ2v) is 7.36. The van der Waals surface area contributed by atoms with Gasteiger partial charge in [-0.15, -0.1) is 5.10 Å². The van der Waals surface area contributed by atoms with Crippen LogP contribution in [0.1, 0.15) is 61.5 Å². The van der Waals surface area contributed by atoms with Gasteiger partial charge in [0.15, 0.2) is 0 Å². The van der Waals surface area contributed by atoms with Gasteiger partial charge in [0.25, 0.3) is 0 Å². The Kier molecular flexibility index (Phi) is 5.56. The van der Waals surface area contributed by atoms with Gasteiger partial charge in [-0.2, -0.15) is 0 Å². The number of H-pyrrole nitrogens is 1. The topological polar surface area (TPSA) is 70.7 Å². The highest BCUT2D eigenvalue weighted by atomic mass is 32.2. The van der Waals surface area contributed by atoms with Gasteiger partial charge < -0.3 is 5.32 Å². The van der Waals surface area contributed by atoms with Crippen molar-refractivity contribution in [2.75, 3.05) is 5.75 Å². The van der Waals surface area contributed by atoms with Crippen LogP contribution in [0.4, 0.5) is 0 Å². The average molecular weight is 344 g/mol. The molecule has 1 amide bonds. The number of carbonyl (C=O) groups excluding carboxylic acids is 1. The largest absolute Gasteiger partial charge is 0.349 e. The third-order valence-corrected chi connectivity index (χ3v) is 5.44. The number of thioether (sulfide) groups is 1. The van der Waals surface area contributed by atoms with Crippen molar-refractivity contribution in [1.29, 1.82) is 0 Å². The standard InChI is InChI=1S/C18H24N4OS/c1-12-7-3-6-10-15(12)13(2)19-16(23)11-24-18-20-17(21-22-18)14-8-4-5-9-14/h3,6-7,10,13-14H,4-5,8-9,11H2,1-2H3,(H,19,23)(H,20,21,22). The van der Waals surface area contributed by atoms with Gasteiger partial charge in [-0.3, -0.25) is 9.89 Å². The lowest BCUT2D eigenvalue weighted by Crippen LogP contribution is -2.28. The molecule has 1 unspecified atom stereocenters. The van der Waals surface area contributed by atoms with E-state index in [0.29, 0.717) is 16.8 Å². The predicted octanol–water partition coefficient (Wildman–Crippen LogP) is 3.74. The van der Waals surface area contributed by atoms with Crippen molar-refractivity contribution in [2.45, 2.75) is 56.6 Å². The molecule has 2 N–H and O–H groups in total. The number of amides is 1. The first kappa shape index (κ1) is 17.0. The first-order valence-corrected chi connectivity index (χ1v) is 9.52. The Morgan fingerprint density at radius 2 is 2.12 bits per heavy atom. The molecule has 0 radical (unpaired) electrons. The van der Waals surface area contributed by atoms with Gasteiger partial charge in [0.1, 0.15) is 5.82 Å². The molecular formula is C18H24N4OS. The summed E-state index contributed by atoms with van der Waals surface area (Å²) in [7, 11) is 0. The van der Waals surface area contributed by atoms with Gasteiger partial charge in [-0.25, -0.2) is 4.98 Å². The van der Waals surface area contributed by atoms with E-state index in [0.717, 1.165) is 11.4 Å². The number of hydrogen-bond donors (Lipinski definition) is 2. The van der Waals surface area contributed by atoms with E-state index in [9.17, 15) is 4.79 Å². The molecule has 1 aliphatic carbocycles. The summed E-state index contributed by atoms with van der Waals surface area (Å²) >= 11 is 1.38. The van der Waals surface area contributed by atoms with Crippen LogP contribution in [0.2, 0.25) is 0 Å². The monoisotopic (exact) mass is 344 g/mol. The lowest BCUT2D eigenvalue weighted by atomic mass is 10.0. The van der Waals surface area contributed by atoms with E-state index in [1.165, 1.54) is 43.0 Å². The summed E-state index contributed by atoms with van der Waals surface area (Å²) in [5, 5.41) is 11.0. The van der Waals surface area contributed by atoms with Crippen LogP contribution in [-0.2, 0) is 4.79 Å². The molecule has 1 heterocycles. The Bertz CT molecular complexity index is 694. The van der Waals surface area contributed by atoms with E-state index >= 15 is 0 Å². The number of aromatic nitrogens is 3. The summed E-state index contributed by atoms with van der Waals surface area (Å²) in [4.78, 5) is 16.7. The summed E-state index contributed by atoms with van der Waals surface area (Å²) in [6.45, 7) is 4.07. The smallest absolute Gasteiger partial charge is 0.230 e. The molecule has 3 rings (SSSR count). The van der Waals surface area contributed by atoms with Crippen molar-refractivity contribution in [3.05, 3.63) is 41.2 Å². The highest BCUT2D eigenvalue weighted by Gasteiger charge is 2.21. The fraction of sp³-hybridized carbons (Fsp3) is 0.500. The van der Waals surface area contributed by atoms with E-state index < -0.39 is 0 Å². The van der Waals surface area contributed by atoms with Crippen molar-refractivity contribution in [3.8, 4) is 0 Å². The molecule has 0 aliphatic heterocycles. The molecule has 5 nitrogen and oxygen atoms in total. The maximum absolute atomic E-state index is 12.2. The van der Waals surface area contributed by atoms with Crippen LogP contribution in [-0.4, -0.2) is 26.8 Å². The molecule has 1 saturated carbocycles. The Labute approximate surface area is 147 Å². The fourth-order valence-electron chi connectivity index (χ4n) is 3.27. The summed E-state index contributed by atoms with van der Waals surface area (Å²) in [6, 6.07) is 8.12. The highest BCUT2D eigenvalue weighted by molar-refractivity contribution is 7.99. The van der Waals surface area contributed by atoms with Gasteiger partial charge >= 0.3 is 0 Å². The molecule has 0 saturated heterocycles. The summed E-state index contributed by atoms with van der Waals surface area (Å²) in [5.41, 5.74) is 2.34. The lowest BCUT2D eigenvalue weighted by Gasteiger charge is -2.16. The van der Waals surface area contributed by atoms with E-state index in [-0.39, 0.29) is 11.9 Å². The van der Waals surface area contributed by atoms with Crippen LogP contribution in [0, 0.1) is 6.92 Å². The molecular weight excluding hydrogens is 320 g/mol. The van der Waals surface area contributed by atoms with Gasteiger partial charge in [0, 0.05) is 5.92 Å². The minimum absolute atomic E-state index is 0.000456.